The standard InChI is InChI=1S/C12H19BrN2/c1-12(2,3)8-15(4)11-7-9(13)5-6-10(11)14/h5-7H,8,14H2,1-4H3. The van der Waals surface area contributed by atoms with Gasteiger partial charge in [0.1, 0.15) is 0 Å². The Bertz CT molecular complexity index is 342. The molecule has 2 N–H and O–H groups in total. The van der Waals surface area contributed by atoms with E-state index in [4.69, 9.17) is 5.73 Å². The lowest BCUT2D eigenvalue weighted by atomic mass is 9.96. The first-order valence-electron chi connectivity index (χ1n) is 5.06. The van der Waals surface area contributed by atoms with Crippen molar-refractivity contribution < 1.29 is 0 Å². The summed E-state index contributed by atoms with van der Waals surface area (Å²) in [6.45, 7) is 7.64. The fraction of sp³-hybridized carbons (Fsp3) is 0.500. The predicted octanol–water partition coefficient (Wildman–Crippen LogP) is 3.51. The van der Waals surface area contributed by atoms with E-state index in [1.165, 1.54) is 0 Å². The number of nitrogens with two attached hydrogens (primary N) is 1. The molecular formula is C12H19BrN2. The van der Waals surface area contributed by atoms with E-state index in [2.05, 4.69) is 54.7 Å². The molecule has 84 valence electrons. The lowest BCUT2D eigenvalue weighted by molar-refractivity contribution is 0.419. The number of anilines is 2. The van der Waals surface area contributed by atoms with Crippen molar-refractivity contribution in [1.29, 1.82) is 0 Å². The molecule has 0 spiro atoms. The second kappa shape index (κ2) is 4.44. The first kappa shape index (κ1) is 12.4. The van der Waals surface area contributed by atoms with Gasteiger partial charge in [-0.25, -0.2) is 0 Å². The molecule has 1 aromatic carbocycles. The molecule has 0 bridgehead atoms. The van der Waals surface area contributed by atoms with Gasteiger partial charge in [0.05, 0.1) is 11.4 Å². The van der Waals surface area contributed by atoms with E-state index in [9.17, 15) is 0 Å². The average molecular weight is 271 g/mol. The fourth-order valence-corrected chi connectivity index (χ4v) is 1.99. The van der Waals surface area contributed by atoms with Crippen LogP contribution in [0, 0.1) is 5.41 Å². The molecule has 0 saturated heterocycles. The Balaban J connectivity index is 2.90. The van der Waals surface area contributed by atoms with Crippen LogP contribution in [-0.4, -0.2) is 13.6 Å². The number of nitrogens with zero attached hydrogens (tertiary/aromatic N) is 1. The zero-order chi connectivity index (χ0) is 11.6. The van der Waals surface area contributed by atoms with Crippen LogP contribution in [0.4, 0.5) is 11.4 Å². The molecule has 2 nitrogen and oxygen atoms in total. The van der Waals surface area contributed by atoms with Gasteiger partial charge in [0, 0.05) is 18.1 Å². The van der Waals surface area contributed by atoms with Crippen LogP contribution in [0.2, 0.25) is 0 Å². The van der Waals surface area contributed by atoms with Crippen molar-refractivity contribution in [1.82, 2.24) is 0 Å². The Hall–Kier alpha value is -0.700. The Morgan fingerprint density at radius 2 is 1.93 bits per heavy atom. The minimum atomic E-state index is 0.267. The highest BCUT2D eigenvalue weighted by Gasteiger charge is 2.15. The topological polar surface area (TPSA) is 29.3 Å². The average Bonchev–Trinajstić information content (AvgIpc) is 2.06. The lowest BCUT2D eigenvalue weighted by Gasteiger charge is -2.29. The largest absolute Gasteiger partial charge is 0.397 e. The Kier molecular flexibility index (Phi) is 3.66. The summed E-state index contributed by atoms with van der Waals surface area (Å²) in [6, 6.07) is 5.95. The van der Waals surface area contributed by atoms with Crippen LogP contribution < -0.4 is 10.6 Å². The van der Waals surface area contributed by atoms with Gasteiger partial charge in [-0.1, -0.05) is 36.7 Å². The monoisotopic (exact) mass is 270 g/mol. The molecule has 0 aliphatic rings. The summed E-state index contributed by atoms with van der Waals surface area (Å²) in [5, 5.41) is 0. The fourth-order valence-electron chi connectivity index (χ4n) is 1.64. The van der Waals surface area contributed by atoms with E-state index in [1.54, 1.807) is 0 Å². The van der Waals surface area contributed by atoms with Gasteiger partial charge in [-0.2, -0.15) is 0 Å². The molecule has 0 saturated carbocycles. The molecule has 0 fully saturated rings. The van der Waals surface area contributed by atoms with Crippen LogP contribution in [0.25, 0.3) is 0 Å². The van der Waals surface area contributed by atoms with Crippen LogP contribution in [0.15, 0.2) is 22.7 Å². The molecule has 0 aromatic heterocycles. The predicted molar refractivity (Wildman–Crippen MR) is 71.3 cm³/mol. The van der Waals surface area contributed by atoms with Gasteiger partial charge in [-0.3, -0.25) is 0 Å². The first-order valence-corrected chi connectivity index (χ1v) is 5.85. The van der Waals surface area contributed by atoms with Gasteiger partial charge in [0.15, 0.2) is 0 Å². The van der Waals surface area contributed by atoms with Crippen molar-refractivity contribution in [3.05, 3.63) is 22.7 Å². The second-order valence-electron chi connectivity index (χ2n) is 5.12. The van der Waals surface area contributed by atoms with Gasteiger partial charge in [-0.05, 0) is 23.6 Å². The number of rotatable bonds is 2. The van der Waals surface area contributed by atoms with E-state index in [-0.39, 0.29) is 5.41 Å². The van der Waals surface area contributed by atoms with Crippen molar-refractivity contribution in [3.8, 4) is 0 Å². The summed E-state index contributed by atoms with van der Waals surface area (Å²) in [7, 11) is 2.07. The molecule has 0 unspecified atom stereocenters. The molecular weight excluding hydrogens is 252 g/mol. The van der Waals surface area contributed by atoms with Crippen molar-refractivity contribution in [2.24, 2.45) is 5.41 Å². The Morgan fingerprint density at radius 3 is 2.47 bits per heavy atom. The molecule has 1 aromatic rings. The highest BCUT2D eigenvalue weighted by molar-refractivity contribution is 9.10. The Morgan fingerprint density at radius 1 is 1.33 bits per heavy atom. The van der Waals surface area contributed by atoms with Crippen LogP contribution in [-0.2, 0) is 0 Å². The third-order valence-electron chi connectivity index (χ3n) is 2.12. The summed E-state index contributed by atoms with van der Waals surface area (Å²) in [5.41, 5.74) is 8.12. The van der Waals surface area contributed by atoms with Gasteiger partial charge in [0.25, 0.3) is 0 Å². The third-order valence-corrected chi connectivity index (χ3v) is 2.61. The highest BCUT2D eigenvalue weighted by atomic mass is 79.9. The smallest absolute Gasteiger partial charge is 0.0608 e. The number of halogens is 1. The van der Waals surface area contributed by atoms with E-state index >= 15 is 0 Å². The first-order chi connectivity index (χ1) is 6.79. The molecule has 15 heavy (non-hydrogen) atoms. The van der Waals surface area contributed by atoms with Crippen molar-refractivity contribution in [2.45, 2.75) is 20.8 Å². The zero-order valence-corrected chi connectivity index (χ0v) is 11.4. The van der Waals surface area contributed by atoms with Crippen molar-refractivity contribution in [3.63, 3.8) is 0 Å². The molecule has 0 aliphatic carbocycles. The Labute approximate surface area is 101 Å². The van der Waals surface area contributed by atoms with Gasteiger partial charge < -0.3 is 10.6 Å². The van der Waals surface area contributed by atoms with E-state index < -0.39 is 0 Å². The van der Waals surface area contributed by atoms with Gasteiger partial charge in [-0.15, -0.1) is 0 Å². The molecule has 0 radical (unpaired) electrons. The zero-order valence-electron chi connectivity index (χ0n) is 9.84. The summed E-state index contributed by atoms with van der Waals surface area (Å²) >= 11 is 3.46. The number of nitrogen functional groups attached to an aromatic ring is 1. The quantitative estimate of drug-likeness (QED) is 0.834. The van der Waals surface area contributed by atoms with Crippen molar-refractivity contribution >= 4 is 27.3 Å². The van der Waals surface area contributed by atoms with Crippen LogP contribution in [0.3, 0.4) is 0 Å². The van der Waals surface area contributed by atoms with Crippen LogP contribution in [0.5, 0.6) is 0 Å². The molecule has 0 atom stereocenters. The van der Waals surface area contributed by atoms with E-state index in [0.29, 0.717) is 0 Å². The SMILES string of the molecule is CN(CC(C)(C)C)c1cc(Br)ccc1N. The van der Waals surface area contributed by atoms with E-state index in [1.807, 2.05) is 12.1 Å². The summed E-state index contributed by atoms with van der Waals surface area (Å²) in [6.07, 6.45) is 0. The summed E-state index contributed by atoms with van der Waals surface area (Å²) in [5.74, 6) is 0. The lowest BCUT2D eigenvalue weighted by Crippen LogP contribution is -2.29. The maximum Gasteiger partial charge on any atom is 0.0608 e. The number of hydrogen-bond donors (Lipinski definition) is 1. The van der Waals surface area contributed by atoms with Gasteiger partial charge >= 0.3 is 0 Å². The summed E-state index contributed by atoms with van der Waals surface area (Å²) in [4.78, 5) is 2.19. The maximum atomic E-state index is 5.95. The molecule has 1 rings (SSSR count). The van der Waals surface area contributed by atoms with Gasteiger partial charge in [0.2, 0.25) is 0 Å². The molecule has 0 amide bonds. The third kappa shape index (κ3) is 3.74. The number of hydrogen-bond acceptors (Lipinski definition) is 2. The summed E-state index contributed by atoms with van der Waals surface area (Å²) < 4.78 is 1.06. The number of benzene rings is 1. The molecule has 3 heteroatoms. The minimum absolute atomic E-state index is 0.267. The van der Waals surface area contributed by atoms with E-state index in [0.717, 1.165) is 22.4 Å². The molecule has 0 heterocycles. The van der Waals surface area contributed by atoms with Crippen molar-refractivity contribution in [2.75, 3.05) is 24.2 Å². The molecule has 0 aliphatic heterocycles. The van der Waals surface area contributed by atoms with Crippen LogP contribution >= 0.6 is 15.9 Å². The van der Waals surface area contributed by atoms with Crippen LogP contribution in [0.1, 0.15) is 20.8 Å². The normalized spacial score (nSPS) is 11.5. The maximum absolute atomic E-state index is 5.95. The highest BCUT2D eigenvalue weighted by Crippen LogP contribution is 2.28. The second-order valence-corrected chi connectivity index (χ2v) is 6.04. The minimum Gasteiger partial charge on any atom is -0.397 e.